The summed E-state index contributed by atoms with van der Waals surface area (Å²) in [4.78, 5) is 17.6. The number of hydrogen-bond donors (Lipinski definition) is 3. The summed E-state index contributed by atoms with van der Waals surface area (Å²) >= 11 is 6.53. The summed E-state index contributed by atoms with van der Waals surface area (Å²) < 4.78 is 1.95. The Morgan fingerprint density at radius 1 is 1.32 bits per heavy atom. The molecule has 0 saturated carbocycles. The second kappa shape index (κ2) is 7.91. The molecule has 128 valence electrons. The third-order valence-electron chi connectivity index (χ3n) is 3.42. The SMILES string of the molecule is C=CCNC(=S)NNC(=O)Cc1csc2nc(-c3ccccc3)cn12. The quantitative estimate of drug-likeness (QED) is 0.365. The van der Waals surface area contributed by atoms with E-state index in [-0.39, 0.29) is 12.3 Å². The molecule has 6 nitrogen and oxygen atoms in total. The number of rotatable bonds is 5. The van der Waals surface area contributed by atoms with Crippen LogP contribution in [0.25, 0.3) is 16.2 Å². The highest BCUT2D eigenvalue weighted by Crippen LogP contribution is 2.23. The van der Waals surface area contributed by atoms with E-state index < -0.39 is 0 Å². The van der Waals surface area contributed by atoms with Gasteiger partial charge in [-0.25, -0.2) is 4.98 Å². The van der Waals surface area contributed by atoms with Crippen LogP contribution in [0.2, 0.25) is 0 Å². The normalized spacial score (nSPS) is 10.4. The molecule has 3 N–H and O–H groups in total. The van der Waals surface area contributed by atoms with Gasteiger partial charge in [0.25, 0.3) is 0 Å². The number of thiazole rings is 1. The van der Waals surface area contributed by atoms with Gasteiger partial charge in [0.15, 0.2) is 10.1 Å². The van der Waals surface area contributed by atoms with E-state index >= 15 is 0 Å². The van der Waals surface area contributed by atoms with Gasteiger partial charge in [-0.1, -0.05) is 36.4 Å². The lowest BCUT2D eigenvalue weighted by Crippen LogP contribution is -2.47. The molecule has 2 heterocycles. The molecule has 0 fully saturated rings. The fourth-order valence-corrected chi connectivity index (χ4v) is 3.26. The van der Waals surface area contributed by atoms with E-state index in [1.807, 2.05) is 46.3 Å². The van der Waals surface area contributed by atoms with E-state index in [2.05, 4.69) is 27.7 Å². The van der Waals surface area contributed by atoms with Crippen molar-refractivity contribution in [2.75, 3.05) is 6.54 Å². The van der Waals surface area contributed by atoms with Gasteiger partial charge < -0.3 is 5.32 Å². The van der Waals surface area contributed by atoms with Gasteiger partial charge in [-0.3, -0.25) is 20.0 Å². The molecule has 3 aromatic rings. The van der Waals surface area contributed by atoms with Crippen LogP contribution in [-0.4, -0.2) is 26.9 Å². The number of hydrogen-bond acceptors (Lipinski definition) is 4. The van der Waals surface area contributed by atoms with Gasteiger partial charge in [-0.05, 0) is 12.2 Å². The molecule has 0 aliphatic heterocycles. The molecule has 0 saturated heterocycles. The molecule has 25 heavy (non-hydrogen) atoms. The van der Waals surface area contributed by atoms with Gasteiger partial charge in [0, 0.05) is 29.4 Å². The highest BCUT2D eigenvalue weighted by molar-refractivity contribution is 7.80. The molecule has 0 aliphatic rings. The Morgan fingerprint density at radius 2 is 2.12 bits per heavy atom. The Labute approximate surface area is 154 Å². The zero-order valence-electron chi connectivity index (χ0n) is 13.4. The topological polar surface area (TPSA) is 70.5 Å². The van der Waals surface area contributed by atoms with Gasteiger partial charge in [-0.2, -0.15) is 0 Å². The van der Waals surface area contributed by atoms with Crippen LogP contribution in [0.15, 0.2) is 54.6 Å². The first-order valence-electron chi connectivity index (χ1n) is 7.62. The fourth-order valence-electron chi connectivity index (χ4n) is 2.25. The molecular formula is C17H17N5OS2. The van der Waals surface area contributed by atoms with E-state index in [1.54, 1.807) is 6.08 Å². The number of benzene rings is 1. The maximum atomic E-state index is 12.1. The molecular weight excluding hydrogens is 354 g/mol. The van der Waals surface area contributed by atoms with E-state index in [4.69, 9.17) is 12.2 Å². The first-order chi connectivity index (χ1) is 12.2. The summed E-state index contributed by atoms with van der Waals surface area (Å²) in [5.74, 6) is -0.183. The number of amides is 1. The molecule has 0 bridgehead atoms. The van der Waals surface area contributed by atoms with E-state index in [0.717, 1.165) is 21.9 Å². The molecule has 0 unspecified atom stereocenters. The Kier molecular flexibility index (Phi) is 5.42. The number of nitrogens with one attached hydrogen (secondary N) is 3. The molecule has 0 aliphatic carbocycles. The maximum absolute atomic E-state index is 12.1. The predicted molar refractivity (Wildman–Crippen MR) is 104 cm³/mol. The van der Waals surface area contributed by atoms with E-state index in [9.17, 15) is 4.79 Å². The van der Waals surface area contributed by atoms with Crippen LogP contribution < -0.4 is 16.2 Å². The molecule has 0 spiro atoms. The number of thiocarbonyl (C=S) groups is 1. The Morgan fingerprint density at radius 3 is 2.88 bits per heavy atom. The third kappa shape index (κ3) is 4.23. The zero-order chi connectivity index (χ0) is 17.6. The summed E-state index contributed by atoms with van der Waals surface area (Å²) in [6, 6.07) is 9.96. The van der Waals surface area contributed by atoms with Crippen molar-refractivity contribution in [2.24, 2.45) is 0 Å². The van der Waals surface area contributed by atoms with Gasteiger partial charge in [0.1, 0.15) is 0 Å². The molecule has 8 heteroatoms. The summed E-state index contributed by atoms with van der Waals surface area (Å²) in [7, 11) is 0. The van der Waals surface area contributed by atoms with Crippen molar-refractivity contribution in [1.29, 1.82) is 0 Å². The van der Waals surface area contributed by atoms with E-state index in [0.29, 0.717) is 11.7 Å². The lowest BCUT2D eigenvalue weighted by atomic mass is 10.2. The van der Waals surface area contributed by atoms with E-state index in [1.165, 1.54) is 11.3 Å². The van der Waals surface area contributed by atoms with Crippen molar-refractivity contribution < 1.29 is 4.79 Å². The Hall–Kier alpha value is -2.71. The lowest BCUT2D eigenvalue weighted by Gasteiger charge is -2.09. The number of fused-ring (bicyclic) bond motifs is 1. The van der Waals surface area contributed by atoms with Gasteiger partial charge in [0.05, 0.1) is 12.1 Å². The Balaban J connectivity index is 1.65. The van der Waals surface area contributed by atoms with Crippen LogP contribution in [0, 0.1) is 0 Å². The second-order valence-electron chi connectivity index (χ2n) is 5.22. The molecule has 2 aromatic heterocycles. The van der Waals surface area contributed by atoms with Gasteiger partial charge >= 0.3 is 0 Å². The molecule has 0 radical (unpaired) electrons. The average Bonchev–Trinajstić information content (AvgIpc) is 3.21. The van der Waals surface area contributed by atoms with Crippen molar-refractivity contribution in [3.05, 3.63) is 60.3 Å². The minimum Gasteiger partial charge on any atom is -0.358 e. The van der Waals surface area contributed by atoms with Crippen LogP contribution in [0.1, 0.15) is 5.69 Å². The van der Waals surface area contributed by atoms with Gasteiger partial charge in [0.2, 0.25) is 5.91 Å². The standard InChI is InChI=1S/C17H17N5OS2/c1-2-8-18-16(24)21-20-15(23)9-13-11-25-17-19-14(10-22(13)17)12-6-4-3-5-7-12/h2-7,10-11H,1,8-9H2,(H,20,23)(H2,18,21,24). The van der Waals surface area contributed by atoms with Crippen LogP contribution in [-0.2, 0) is 11.2 Å². The molecule has 0 atom stereocenters. The number of aromatic nitrogens is 2. The first-order valence-corrected chi connectivity index (χ1v) is 8.90. The van der Waals surface area contributed by atoms with Crippen LogP contribution in [0.3, 0.4) is 0 Å². The molecule has 3 rings (SSSR count). The third-order valence-corrected chi connectivity index (χ3v) is 4.55. The fraction of sp³-hybridized carbons (Fsp3) is 0.118. The smallest absolute Gasteiger partial charge is 0.244 e. The lowest BCUT2D eigenvalue weighted by molar-refractivity contribution is -0.121. The van der Waals surface area contributed by atoms with Gasteiger partial charge in [-0.15, -0.1) is 17.9 Å². The van der Waals surface area contributed by atoms with Crippen molar-refractivity contribution in [3.8, 4) is 11.3 Å². The largest absolute Gasteiger partial charge is 0.358 e. The number of hydrazine groups is 1. The number of imidazole rings is 1. The molecule has 1 aromatic carbocycles. The first kappa shape index (κ1) is 17.1. The molecule has 1 amide bonds. The minimum absolute atomic E-state index is 0.183. The monoisotopic (exact) mass is 371 g/mol. The maximum Gasteiger partial charge on any atom is 0.244 e. The predicted octanol–water partition coefficient (Wildman–Crippen LogP) is 2.29. The van der Waals surface area contributed by atoms with Crippen molar-refractivity contribution >= 4 is 39.5 Å². The number of carbonyl (C=O) groups is 1. The number of carbonyl (C=O) groups excluding carboxylic acids is 1. The van der Waals surface area contributed by atoms with Crippen LogP contribution in [0.5, 0.6) is 0 Å². The van der Waals surface area contributed by atoms with Crippen LogP contribution >= 0.6 is 23.6 Å². The van der Waals surface area contributed by atoms with Crippen LogP contribution in [0.4, 0.5) is 0 Å². The average molecular weight is 371 g/mol. The summed E-state index contributed by atoms with van der Waals surface area (Å²) in [5.41, 5.74) is 8.05. The van der Waals surface area contributed by atoms with Crippen molar-refractivity contribution in [3.63, 3.8) is 0 Å². The Bertz CT molecular complexity index is 900. The summed E-state index contributed by atoms with van der Waals surface area (Å²) in [5, 5.41) is 5.15. The highest BCUT2D eigenvalue weighted by Gasteiger charge is 2.12. The highest BCUT2D eigenvalue weighted by atomic mass is 32.1. The zero-order valence-corrected chi connectivity index (χ0v) is 15.0. The summed E-state index contributed by atoms with van der Waals surface area (Å²) in [6.45, 7) is 4.12. The van der Waals surface area contributed by atoms with Crippen molar-refractivity contribution in [2.45, 2.75) is 6.42 Å². The summed E-state index contributed by atoms with van der Waals surface area (Å²) in [6.07, 6.45) is 3.86. The minimum atomic E-state index is -0.183. The van der Waals surface area contributed by atoms with Crippen molar-refractivity contribution in [1.82, 2.24) is 25.6 Å². The second-order valence-corrected chi connectivity index (χ2v) is 6.47. The number of nitrogens with zero attached hydrogens (tertiary/aromatic N) is 2.